The third-order valence-electron chi connectivity index (χ3n) is 2.76. The van der Waals surface area contributed by atoms with E-state index in [1.165, 1.54) is 0 Å². The van der Waals surface area contributed by atoms with Crippen molar-refractivity contribution < 1.29 is 9.84 Å². The number of hydrogen-bond acceptors (Lipinski definition) is 3. The molecule has 0 bridgehead atoms. The monoisotopic (exact) mass is 243 g/mol. The van der Waals surface area contributed by atoms with Crippen molar-refractivity contribution in [2.45, 2.75) is 19.8 Å². The van der Waals surface area contributed by atoms with Crippen LogP contribution in [0.5, 0.6) is 5.75 Å². The number of para-hydroxylation sites is 1. The highest BCUT2D eigenvalue weighted by Gasteiger charge is 2.02. The molecule has 3 nitrogen and oxygen atoms in total. The summed E-state index contributed by atoms with van der Waals surface area (Å²) in [5.74, 6) is 0.721. The minimum Gasteiger partial charge on any atom is -0.489 e. The summed E-state index contributed by atoms with van der Waals surface area (Å²) in [6.45, 7) is 0.991. The smallest absolute Gasteiger partial charge is 0.125 e. The van der Waals surface area contributed by atoms with E-state index in [0.29, 0.717) is 13.2 Å². The number of aliphatic hydroxyl groups is 1. The highest BCUT2D eigenvalue weighted by Crippen LogP contribution is 2.19. The lowest BCUT2D eigenvalue weighted by Gasteiger charge is -2.10. The molecule has 0 unspecified atom stereocenters. The maximum Gasteiger partial charge on any atom is 0.125 e. The molecule has 0 aliphatic carbocycles. The van der Waals surface area contributed by atoms with Gasteiger partial charge in [0.05, 0.1) is 6.61 Å². The highest BCUT2D eigenvalue weighted by molar-refractivity contribution is 5.33. The van der Waals surface area contributed by atoms with Crippen LogP contribution in [0.25, 0.3) is 0 Å². The van der Waals surface area contributed by atoms with E-state index in [2.05, 4.69) is 0 Å². The van der Waals surface area contributed by atoms with Gasteiger partial charge in [-0.25, -0.2) is 0 Å². The summed E-state index contributed by atoms with van der Waals surface area (Å²) in [4.78, 5) is 0. The largest absolute Gasteiger partial charge is 0.489 e. The Bertz CT molecular complexity index is 511. The molecular formula is C15H17NO2. The summed E-state index contributed by atoms with van der Waals surface area (Å²) in [6.07, 6.45) is 0. The predicted molar refractivity (Wildman–Crippen MR) is 71.0 cm³/mol. The molecule has 0 aliphatic heterocycles. The molecule has 0 saturated carbocycles. The molecule has 0 heterocycles. The van der Waals surface area contributed by atoms with Crippen LogP contribution in [0.4, 0.5) is 0 Å². The van der Waals surface area contributed by atoms with E-state index in [-0.39, 0.29) is 6.61 Å². The molecule has 0 aliphatic rings. The molecule has 94 valence electrons. The fraction of sp³-hybridized carbons (Fsp3) is 0.200. The van der Waals surface area contributed by atoms with Crippen LogP contribution in [0.1, 0.15) is 16.7 Å². The first-order chi connectivity index (χ1) is 8.83. The summed E-state index contributed by atoms with van der Waals surface area (Å²) < 4.78 is 5.71. The van der Waals surface area contributed by atoms with E-state index in [0.717, 1.165) is 22.4 Å². The fourth-order valence-electron chi connectivity index (χ4n) is 1.78. The molecule has 18 heavy (non-hydrogen) atoms. The molecule has 2 rings (SSSR count). The SMILES string of the molecule is NCc1cccc(COc2ccccc2CO)c1. The van der Waals surface area contributed by atoms with Crippen LogP contribution in [-0.2, 0) is 19.8 Å². The van der Waals surface area contributed by atoms with Crippen molar-refractivity contribution in [3.63, 3.8) is 0 Å². The van der Waals surface area contributed by atoms with Gasteiger partial charge in [-0.3, -0.25) is 0 Å². The van der Waals surface area contributed by atoms with Gasteiger partial charge < -0.3 is 15.6 Å². The number of benzene rings is 2. The van der Waals surface area contributed by atoms with Crippen molar-refractivity contribution in [2.75, 3.05) is 0 Å². The minimum atomic E-state index is -0.0149. The maximum absolute atomic E-state index is 9.20. The third kappa shape index (κ3) is 3.09. The Morgan fingerprint density at radius 1 is 1.00 bits per heavy atom. The molecule has 0 fully saturated rings. The lowest BCUT2D eigenvalue weighted by molar-refractivity contribution is 0.259. The molecule has 0 aromatic heterocycles. The summed E-state index contributed by atoms with van der Waals surface area (Å²) in [6, 6.07) is 15.5. The molecule has 0 saturated heterocycles. The van der Waals surface area contributed by atoms with Crippen LogP contribution in [0.3, 0.4) is 0 Å². The van der Waals surface area contributed by atoms with Crippen molar-refractivity contribution in [3.8, 4) is 5.75 Å². The standard InChI is InChI=1S/C15H17NO2/c16-9-12-4-3-5-13(8-12)11-18-15-7-2-1-6-14(15)10-17/h1-8,17H,9-11,16H2. The number of hydrogen-bond donors (Lipinski definition) is 2. The van der Waals surface area contributed by atoms with Gasteiger partial charge in [-0.15, -0.1) is 0 Å². The molecule has 3 heteroatoms. The van der Waals surface area contributed by atoms with Crippen LogP contribution in [0.2, 0.25) is 0 Å². The lowest BCUT2D eigenvalue weighted by atomic mass is 10.1. The first kappa shape index (κ1) is 12.6. The normalized spacial score (nSPS) is 10.3. The van der Waals surface area contributed by atoms with Crippen LogP contribution in [0.15, 0.2) is 48.5 Å². The van der Waals surface area contributed by atoms with Gasteiger partial charge in [-0.1, -0.05) is 42.5 Å². The van der Waals surface area contributed by atoms with Gasteiger partial charge in [-0.2, -0.15) is 0 Å². The summed E-state index contributed by atoms with van der Waals surface area (Å²) in [5, 5.41) is 9.20. The zero-order valence-corrected chi connectivity index (χ0v) is 10.2. The Hall–Kier alpha value is -1.84. The van der Waals surface area contributed by atoms with Crippen molar-refractivity contribution >= 4 is 0 Å². The maximum atomic E-state index is 9.20. The lowest BCUT2D eigenvalue weighted by Crippen LogP contribution is -2.01. The van der Waals surface area contributed by atoms with Crippen molar-refractivity contribution in [1.29, 1.82) is 0 Å². The van der Waals surface area contributed by atoms with Crippen molar-refractivity contribution in [1.82, 2.24) is 0 Å². The number of aliphatic hydroxyl groups excluding tert-OH is 1. The van der Waals surface area contributed by atoms with Crippen molar-refractivity contribution in [2.24, 2.45) is 5.73 Å². The molecule has 0 amide bonds. The van der Waals surface area contributed by atoms with Gasteiger partial charge in [0.1, 0.15) is 12.4 Å². The Balaban J connectivity index is 2.06. The van der Waals surface area contributed by atoms with Crippen LogP contribution in [0, 0.1) is 0 Å². The topological polar surface area (TPSA) is 55.5 Å². The second-order valence-corrected chi connectivity index (χ2v) is 4.08. The van der Waals surface area contributed by atoms with Crippen molar-refractivity contribution in [3.05, 3.63) is 65.2 Å². The van der Waals surface area contributed by atoms with E-state index in [4.69, 9.17) is 10.5 Å². The van der Waals surface area contributed by atoms with Gasteiger partial charge >= 0.3 is 0 Å². The zero-order valence-electron chi connectivity index (χ0n) is 10.2. The predicted octanol–water partition coefficient (Wildman–Crippen LogP) is 2.22. The molecule has 0 spiro atoms. The number of nitrogens with two attached hydrogens (primary N) is 1. The van der Waals surface area contributed by atoms with Gasteiger partial charge in [0.25, 0.3) is 0 Å². The summed E-state index contributed by atoms with van der Waals surface area (Å²) in [5.41, 5.74) is 8.56. The van der Waals surface area contributed by atoms with E-state index in [1.54, 1.807) is 0 Å². The van der Waals surface area contributed by atoms with Gasteiger partial charge in [-0.05, 0) is 17.2 Å². The Kier molecular flexibility index (Phi) is 4.34. The summed E-state index contributed by atoms with van der Waals surface area (Å²) >= 11 is 0. The zero-order chi connectivity index (χ0) is 12.8. The summed E-state index contributed by atoms with van der Waals surface area (Å²) in [7, 11) is 0. The highest BCUT2D eigenvalue weighted by atomic mass is 16.5. The number of rotatable bonds is 5. The van der Waals surface area contributed by atoms with E-state index in [1.807, 2.05) is 48.5 Å². The van der Waals surface area contributed by atoms with Gasteiger partial charge in [0.15, 0.2) is 0 Å². The van der Waals surface area contributed by atoms with Gasteiger partial charge in [0, 0.05) is 12.1 Å². The minimum absolute atomic E-state index is 0.0149. The molecule has 0 atom stereocenters. The molecule has 2 aromatic carbocycles. The quantitative estimate of drug-likeness (QED) is 0.846. The molecule has 3 N–H and O–H groups in total. The Morgan fingerprint density at radius 3 is 2.56 bits per heavy atom. The Morgan fingerprint density at radius 2 is 1.78 bits per heavy atom. The van der Waals surface area contributed by atoms with Gasteiger partial charge in [0.2, 0.25) is 0 Å². The van der Waals surface area contributed by atoms with E-state index in [9.17, 15) is 5.11 Å². The third-order valence-corrected chi connectivity index (χ3v) is 2.76. The van der Waals surface area contributed by atoms with E-state index < -0.39 is 0 Å². The van der Waals surface area contributed by atoms with E-state index >= 15 is 0 Å². The first-order valence-electron chi connectivity index (χ1n) is 5.93. The molecule has 2 aromatic rings. The first-order valence-corrected chi connectivity index (χ1v) is 5.93. The fourth-order valence-corrected chi connectivity index (χ4v) is 1.78. The average molecular weight is 243 g/mol. The molecule has 0 radical (unpaired) electrons. The van der Waals surface area contributed by atoms with Crippen LogP contribution >= 0.6 is 0 Å². The molecular weight excluding hydrogens is 226 g/mol. The number of ether oxygens (including phenoxy) is 1. The average Bonchev–Trinajstić information content (AvgIpc) is 2.45. The Labute approximate surface area is 107 Å². The second kappa shape index (κ2) is 6.19. The van der Waals surface area contributed by atoms with Crippen LogP contribution in [-0.4, -0.2) is 5.11 Å². The second-order valence-electron chi connectivity index (χ2n) is 4.08. The van der Waals surface area contributed by atoms with Crippen LogP contribution < -0.4 is 10.5 Å².